The Balaban J connectivity index is 1.69. The van der Waals surface area contributed by atoms with Crippen LogP contribution in [0.15, 0.2) is 54.6 Å². The second-order valence-electron chi connectivity index (χ2n) is 7.17. The Labute approximate surface area is 175 Å². The number of carbonyl (C=O) groups excluding carboxylic acids is 3. The predicted octanol–water partition coefficient (Wildman–Crippen LogP) is 3.41. The van der Waals surface area contributed by atoms with Crippen molar-refractivity contribution in [2.75, 3.05) is 23.4 Å². The molecule has 3 rings (SSSR count). The molecule has 156 valence electrons. The van der Waals surface area contributed by atoms with Gasteiger partial charge in [0.2, 0.25) is 5.91 Å². The van der Waals surface area contributed by atoms with Gasteiger partial charge in [0, 0.05) is 11.6 Å². The van der Waals surface area contributed by atoms with Gasteiger partial charge >= 0.3 is 5.97 Å². The van der Waals surface area contributed by atoms with Gasteiger partial charge < -0.3 is 14.8 Å². The number of para-hydroxylation sites is 3. The Kier molecular flexibility index (Phi) is 6.20. The third kappa shape index (κ3) is 4.35. The molecule has 0 aromatic heterocycles. The Morgan fingerprint density at radius 1 is 1.10 bits per heavy atom. The van der Waals surface area contributed by atoms with Crippen LogP contribution < -0.4 is 15.0 Å². The van der Waals surface area contributed by atoms with E-state index in [4.69, 9.17) is 9.47 Å². The van der Waals surface area contributed by atoms with Crippen LogP contribution in [-0.2, 0) is 19.1 Å². The molecule has 0 spiro atoms. The molecule has 2 aromatic rings. The summed E-state index contributed by atoms with van der Waals surface area (Å²) in [5.41, 5.74) is 0.702. The number of anilines is 2. The summed E-state index contributed by atoms with van der Waals surface area (Å²) >= 11 is 0. The van der Waals surface area contributed by atoms with Gasteiger partial charge in [-0.05, 0) is 45.0 Å². The van der Waals surface area contributed by atoms with Crippen LogP contribution in [0.4, 0.5) is 11.4 Å². The fourth-order valence-corrected chi connectivity index (χ4v) is 3.21. The molecule has 7 nitrogen and oxygen atoms in total. The quantitative estimate of drug-likeness (QED) is 0.585. The SMILES string of the molecule is CCOc1ccccc1/C=C/C(=O)OCC(=O)N1c2ccccc2NC(=O)C1(C)C. The largest absolute Gasteiger partial charge is 0.493 e. The van der Waals surface area contributed by atoms with Crippen molar-refractivity contribution in [2.45, 2.75) is 26.3 Å². The lowest BCUT2D eigenvalue weighted by Gasteiger charge is -2.41. The van der Waals surface area contributed by atoms with E-state index in [-0.39, 0.29) is 5.91 Å². The van der Waals surface area contributed by atoms with Crippen molar-refractivity contribution in [3.05, 3.63) is 60.2 Å². The van der Waals surface area contributed by atoms with Gasteiger partial charge in [-0.3, -0.25) is 14.5 Å². The first-order valence-corrected chi connectivity index (χ1v) is 9.64. The van der Waals surface area contributed by atoms with Gasteiger partial charge in [-0.25, -0.2) is 4.79 Å². The molecule has 0 bridgehead atoms. The molecule has 0 saturated carbocycles. The second kappa shape index (κ2) is 8.82. The predicted molar refractivity (Wildman–Crippen MR) is 114 cm³/mol. The fourth-order valence-electron chi connectivity index (χ4n) is 3.21. The normalized spacial score (nSPS) is 14.8. The maximum atomic E-state index is 12.9. The number of amides is 2. The number of fused-ring (bicyclic) bond motifs is 1. The van der Waals surface area contributed by atoms with Crippen molar-refractivity contribution in [1.82, 2.24) is 0 Å². The van der Waals surface area contributed by atoms with Crippen LogP contribution in [0.2, 0.25) is 0 Å². The summed E-state index contributed by atoms with van der Waals surface area (Å²) in [4.78, 5) is 38.8. The van der Waals surface area contributed by atoms with Crippen LogP contribution in [0, 0.1) is 0 Å². The van der Waals surface area contributed by atoms with Gasteiger partial charge in [0.25, 0.3) is 5.91 Å². The molecular weight excluding hydrogens is 384 g/mol. The Hall–Kier alpha value is -3.61. The molecule has 0 atom stereocenters. The average molecular weight is 408 g/mol. The summed E-state index contributed by atoms with van der Waals surface area (Å²) in [7, 11) is 0. The summed E-state index contributed by atoms with van der Waals surface area (Å²) in [6, 6.07) is 14.3. The number of hydrogen-bond donors (Lipinski definition) is 1. The van der Waals surface area contributed by atoms with E-state index in [0.717, 1.165) is 5.56 Å². The van der Waals surface area contributed by atoms with Gasteiger partial charge in [0.05, 0.1) is 18.0 Å². The molecule has 1 aliphatic heterocycles. The summed E-state index contributed by atoms with van der Waals surface area (Å²) in [5, 5.41) is 2.79. The summed E-state index contributed by atoms with van der Waals surface area (Å²) < 4.78 is 10.6. The number of nitrogens with one attached hydrogen (secondary N) is 1. The maximum absolute atomic E-state index is 12.9. The molecule has 1 N–H and O–H groups in total. The number of rotatable bonds is 6. The molecule has 1 heterocycles. The van der Waals surface area contributed by atoms with Crippen molar-refractivity contribution >= 4 is 35.2 Å². The molecule has 0 radical (unpaired) electrons. The molecule has 0 saturated heterocycles. The van der Waals surface area contributed by atoms with E-state index in [1.54, 1.807) is 50.3 Å². The number of carbonyl (C=O) groups is 3. The van der Waals surface area contributed by atoms with Crippen molar-refractivity contribution in [2.24, 2.45) is 0 Å². The highest BCUT2D eigenvalue weighted by molar-refractivity contribution is 6.14. The Morgan fingerprint density at radius 2 is 1.80 bits per heavy atom. The summed E-state index contributed by atoms with van der Waals surface area (Å²) in [5.74, 6) is -0.813. The molecule has 30 heavy (non-hydrogen) atoms. The number of ether oxygens (including phenoxy) is 2. The van der Waals surface area contributed by atoms with Crippen LogP contribution in [0.3, 0.4) is 0 Å². The fraction of sp³-hybridized carbons (Fsp3) is 0.261. The monoisotopic (exact) mass is 408 g/mol. The van der Waals surface area contributed by atoms with Gasteiger partial charge in [0.15, 0.2) is 6.61 Å². The van der Waals surface area contributed by atoms with Crippen molar-refractivity contribution in [1.29, 1.82) is 0 Å². The Morgan fingerprint density at radius 3 is 2.57 bits per heavy atom. The van der Waals surface area contributed by atoms with Crippen LogP contribution in [0.25, 0.3) is 6.08 Å². The first-order chi connectivity index (χ1) is 14.3. The van der Waals surface area contributed by atoms with E-state index in [2.05, 4.69) is 5.32 Å². The highest BCUT2D eigenvalue weighted by Gasteiger charge is 2.43. The van der Waals surface area contributed by atoms with Gasteiger partial charge in [-0.2, -0.15) is 0 Å². The number of hydrogen-bond acceptors (Lipinski definition) is 5. The van der Waals surface area contributed by atoms with E-state index < -0.39 is 24.0 Å². The molecule has 0 aliphatic carbocycles. The highest BCUT2D eigenvalue weighted by Crippen LogP contribution is 2.36. The van der Waals surface area contributed by atoms with Crippen molar-refractivity contribution < 1.29 is 23.9 Å². The van der Waals surface area contributed by atoms with Gasteiger partial charge in [0.1, 0.15) is 11.3 Å². The summed E-state index contributed by atoms with van der Waals surface area (Å²) in [6.45, 7) is 5.18. The lowest BCUT2D eigenvalue weighted by atomic mass is 9.96. The molecule has 2 amide bonds. The molecule has 0 fully saturated rings. The van der Waals surface area contributed by atoms with Crippen molar-refractivity contribution in [3.63, 3.8) is 0 Å². The smallest absolute Gasteiger partial charge is 0.331 e. The topological polar surface area (TPSA) is 84.9 Å². The van der Waals surface area contributed by atoms with Crippen LogP contribution in [-0.4, -0.2) is 36.5 Å². The molecule has 7 heteroatoms. The minimum absolute atomic E-state index is 0.312. The first-order valence-electron chi connectivity index (χ1n) is 9.64. The molecule has 0 unspecified atom stereocenters. The minimum atomic E-state index is -1.12. The lowest BCUT2D eigenvalue weighted by Crippen LogP contribution is -2.59. The maximum Gasteiger partial charge on any atom is 0.331 e. The molecule has 1 aliphatic rings. The zero-order chi connectivity index (χ0) is 21.7. The van der Waals surface area contributed by atoms with Crippen LogP contribution in [0.1, 0.15) is 26.3 Å². The molecular formula is C23H24N2O5. The number of esters is 1. The van der Waals surface area contributed by atoms with Gasteiger partial charge in [-0.1, -0.05) is 30.3 Å². The standard InChI is InChI=1S/C23H24N2O5/c1-4-29-19-12-8-5-9-16(19)13-14-21(27)30-15-20(26)25-18-11-7-6-10-17(18)24-22(28)23(25,2)3/h5-14H,4,15H2,1-3H3,(H,24,28)/b14-13+. The van der Waals surface area contributed by atoms with Crippen LogP contribution in [0.5, 0.6) is 5.75 Å². The van der Waals surface area contributed by atoms with E-state index >= 15 is 0 Å². The summed E-state index contributed by atoms with van der Waals surface area (Å²) in [6.07, 6.45) is 2.82. The van der Waals surface area contributed by atoms with E-state index in [9.17, 15) is 14.4 Å². The highest BCUT2D eigenvalue weighted by atomic mass is 16.5. The van der Waals surface area contributed by atoms with Crippen molar-refractivity contribution in [3.8, 4) is 5.75 Å². The number of nitrogens with zero attached hydrogens (tertiary/aromatic N) is 1. The first kappa shape index (κ1) is 21.1. The van der Waals surface area contributed by atoms with Gasteiger partial charge in [-0.15, -0.1) is 0 Å². The number of benzene rings is 2. The third-order valence-electron chi connectivity index (χ3n) is 4.71. The Bertz CT molecular complexity index is 997. The third-order valence-corrected chi connectivity index (χ3v) is 4.71. The van der Waals surface area contributed by atoms with E-state index in [1.807, 2.05) is 25.1 Å². The second-order valence-corrected chi connectivity index (χ2v) is 7.17. The van der Waals surface area contributed by atoms with E-state index in [0.29, 0.717) is 23.7 Å². The zero-order valence-corrected chi connectivity index (χ0v) is 17.2. The lowest BCUT2D eigenvalue weighted by molar-refractivity contribution is -0.143. The minimum Gasteiger partial charge on any atom is -0.493 e. The average Bonchev–Trinajstić information content (AvgIpc) is 2.72. The van der Waals surface area contributed by atoms with Crippen LogP contribution >= 0.6 is 0 Å². The zero-order valence-electron chi connectivity index (χ0n) is 17.2. The molecule has 2 aromatic carbocycles. The van der Waals surface area contributed by atoms with E-state index in [1.165, 1.54) is 11.0 Å².